The number of thiazole rings is 1. The van der Waals surface area contributed by atoms with Crippen molar-refractivity contribution in [2.24, 2.45) is 0 Å². The smallest absolute Gasteiger partial charge is 0.238 e. The van der Waals surface area contributed by atoms with E-state index in [-0.39, 0.29) is 5.91 Å². The summed E-state index contributed by atoms with van der Waals surface area (Å²) in [5, 5.41) is 6.24. The molecule has 0 atom stereocenters. The molecule has 150 valence electrons. The molecule has 0 unspecified atom stereocenters. The molecule has 2 heterocycles. The molecule has 7 heteroatoms. The maximum atomic E-state index is 12.3. The fourth-order valence-electron chi connectivity index (χ4n) is 3.36. The lowest BCUT2D eigenvalue weighted by atomic mass is 10.2. The quantitative estimate of drug-likeness (QED) is 0.582. The van der Waals surface area contributed by atoms with Gasteiger partial charge in [0.15, 0.2) is 0 Å². The number of hydrogen-bond donors (Lipinski definition) is 1. The predicted octanol–water partition coefficient (Wildman–Crippen LogP) is 4.33. The maximum absolute atomic E-state index is 12.3. The zero-order chi connectivity index (χ0) is 20.1. The molecule has 0 radical (unpaired) electrons. The van der Waals surface area contributed by atoms with Gasteiger partial charge in [0.1, 0.15) is 5.01 Å². The van der Waals surface area contributed by atoms with Gasteiger partial charge in [-0.1, -0.05) is 46.3 Å². The molecular formula is C22H23BrN4OS. The lowest BCUT2D eigenvalue weighted by Crippen LogP contribution is -2.48. The second-order valence-corrected chi connectivity index (χ2v) is 8.96. The number of anilines is 1. The number of nitrogens with zero attached hydrogens (tertiary/aromatic N) is 3. The van der Waals surface area contributed by atoms with Gasteiger partial charge in [-0.2, -0.15) is 0 Å². The van der Waals surface area contributed by atoms with Gasteiger partial charge in [-0.25, -0.2) is 4.98 Å². The molecular weight excluding hydrogens is 448 g/mol. The molecule has 1 aliphatic heterocycles. The normalized spacial score (nSPS) is 15.3. The third kappa shape index (κ3) is 5.73. The van der Waals surface area contributed by atoms with Crippen LogP contribution in [-0.2, 0) is 11.3 Å². The molecule has 1 saturated heterocycles. The van der Waals surface area contributed by atoms with E-state index in [1.54, 1.807) is 11.3 Å². The van der Waals surface area contributed by atoms with E-state index in [2.05, 4.69) is 48.6 Å². The Labute approximate surface area is 183 Å². The molecule has 3 aromatic rings. The molecule has 1 aliphatic rings. The van der Waals surface area contributed by atoms with Crippen molar-refractivity contribution in [3.63, 3.8) is 0 Å². The molecule has 1 aromatic heterocycles. The van der Waals surface area contributed by atoms with Gasteiger partial charge in [-0.15, -0.1) is 11.3 Å². The number of carbonyl (C=O) groups excluding carboxylic acids is 1. The van der Waals surface area contributed by atoms with Gasteiger partial charge in [0.25, 0.3) is 0 Å². The van der Waals surface area contributed by atoms with E-state index in [1.165, 1.54) is 0 Å². The van der Waals surface area contributed by atoms with Gasteiger partial charge in [-0.3, -0.25) is 14.6 Å². The molecule has 4 rings (SSSR count). The highest BCUT2D eigenvalue weighted by atomic mass is 79.9. The fourth-order valence-corrected chi connectivity index (χ4v) is 4.47. The zero-order valence-corrected chi connectivity index (χ0v) is 18.5. The van der Waals surface area contributed by atoms with Gasteiger partial charge in [0.2, 0.25) is 5.91 Å². The van der Waals surface area contributed by atoms with Crippen molar-refractivity contribution in [1.29, 1.82) is 0 Å². The highest BCUT2D eigenvalue weighted by molar-refractivity contribution is 9.10. The molecule has 0 spiro atoms. The van der Waals surface area contributed by atoms with Crippen molar-refractivity contribution < 1.29 is 4.79 Å². The number of amides is 1. The number of hydrogen-bond acceptors (Lipinski definition) is 5. The Morgan fingerprint density at radius 2 is 1.69 bits per heavy atom. The molecule has 0 bridgehead atoms. The largest absolute Gasteiger partial charge is 0.325 e. The highest BCUT2D eigenvalue weighted by Crippen LogP contribution is 2.22. The molecule has 2 aromatic carbocycles. The monoisotopic (exact) mass is 470 g/mol. The fraction of sp³-hybridized carbons (Fsp3) is 0.273. The molecule has 0 saturated carbocycles. The van der Waals surface area contributed by atoms with Gasteiger partial charge >= 0.3 is 0 Å². The Bertz CT molecular complexity index is 937. The standard InChI is InChI=1S/C22H23BrN4OS/c23-18-6-8-19(9-7-18)24-21(28)14-26-10-12-27(13-11-26)15-22-25-20(16-29-22)17-4-2-1-3-5-17/h1-9,16H,10-15H2,(H,24,28). The summed E-state index contributed by atoms with van der Waals surface area (Å²) in [4.78, 5) is 21.7. The van der Waals surface area contributed by atoms with E-state index in [4.69, 9.17) is 4.98 Å². The van der Waals surface area contributed by atoms with Crippen molar-refractivity contribution in [1.82, 2.24) is 14.8 Å². The van der Waals surface area contributed by atoms with Crippen molar-refractivity contribution in [3.8, 4) is 11.3 Å². The van der Waals surface area contributed by atoms with Crippen molar-refractivity contribution in [3.05, 3.63) is 69.5 Å². The first-order valence-electron chi connectivity index (χ1n) is 9.66. The van der Waals surface area contributed by atoms with E-state index in [9.17, 15) is 4.79 Å². The number of carbonyl (C=O) groups is 1. The molecule has 1 amide bonds. The van der Waals surface area contributed by atoms with Crippen molar-refractivity contribution in [2.75, 3.05) is 38.0 Å². The SMILES string of the molecule is O=C(CN1CCN(Cc2nc(-c3ccccc3)cs2)CC1)Nc1ccc(Br)cc1. The summed E-state index contributed by atoms with van der Waals surface area (Å²) < 4.78 is 1.00. The van der Waals surface area contributed by atoms with Crippen LogP contribution in [0.2, 0.25) is 0 Å². The minimum Gasteiger partial charge on any atom is -0.325 e. The summed E-state index contributed by atoms with van der Waals surface area (Å²) in [6.45, 7) is 4.99. The van der Waals surface area contributed by atoms with Crippen LogP contribution in [0.1, 0.15) is 5.01 Å². The number of rotatable bonds is 6. The second-order valence-electron chi connectivity index (χ2n) is 7.10. The first kappa shape index (κ1) is 20.2. The lowest BCUT2D eigenvalue weighted by molar-refractivity contribution is -0.117. The summed E-state index contributed by atoms with van der Waals surface area (Å²) in [7, 11) is 0. The average Bonchev–Trinajstić information content (AvgIpc) is 3.20. The Morgan fingerprint density at radius 3 is 2.41 bits per heavy atom. The third-order valence-corrected chi connectivity index (χ3v) is 6.30. The lowest BCUT2D eigenvalue weighted by Gasteiger charge is -2.33. The van der Waals surface area contributed by atoms with Crippen molar-refractivity contribution >= 4 is 38.9 Å². The Balaban J connectivity index is 1.23. The molecule has 1 N–H and O–H groups in total. The van der Waals surface area contributed by atoms with Crippen LogP contribution in [0.5, 0.6) is 0 Å². The molecule has 5 nitrogen and oxygen atoms in total. The third-order valence-electron chi connectivity index (χ3n) is 4.94. The Morgan fingerprint density at radius 1 is 1.00 bits per heavy atom. The number of benzene rings is 2. The van der Waals surface area contributed by atoms with Gasteiger partial charge in [0, 0.05) is 47.3 Å². The summed E-state index contributed by atoms with van der Waals surface area (Å²) in [5.74, 6) is 0.0354. The van der Waals surface area contributed by atoms with E-state index < -0.39 is 0 Å². The first-order chi connectivity index (χ1) is 14.2. The van der Waals surface area contributed by atoms with Crippen LogP contribution in [0.15, 0.2) is 64.5 Å². The van der Waals surface area contributed by atoms with Gasteiger partial charge in [-0.05, 0) is 24.3 Å². The predicted molar refractivity (Wildman–Crippen MR) is 122 cm³/mol. The Hall–Kier alpha value is -2.06. The van der Waals surface area contributed by atoms with E-state index in [0.29, 0.717) is 6.54 Å². The van der Waals surface area contributed by atoms with Crippen LogP contribution in [0.25, 0.3) is 11.3 Å². The van der Waals surface area contributed by atoms with Gasteiger partial charge < -0.3 is 5.32 Å². The summed E-state index contributed by atoms with van der Waals surface area (Å²) >= 11 is 5.12. The second kappa shape index (κ2) is 9.63. The van der Waals surface area contributed by atoms with E-state index in [1.807, 2.05) is 42.5 Å². The number of piperazine rings is 1. The van der Waals surface area contributed by atoms with E-state index in [0.717, 1.165) is 59.1 Å². The van der Waals surface area contributed by atoms with Crippen LogP contribution in [0.4, 0.5) is 5.69 Å². The van der Waals surface area contributed by atoms with Crippen LogP contribution in [-0.4, -0.2) is 53.4 Å². The minimum atomic E-state index is 0.0354. The molecule has 0 aliphatic carbocycles. The summed E-state index contributed by atoms with van der Waals surface area (Å²) in [5.41, 5.74) is 3.04. The number of aromatic nitrogens is 1. The topological polar surface area (TPSA) is 48.5 Å². The Kier molecular flexibility index (Phi) is 6.71. The highest BCUT2D eigenvalue weighted by Gasteiger charge is 2.20. The van der Waals surface area contributed by atoms with E-state index >= 15 is 0 Å². The first-order valence-corrected chi connectivity index (χ1v) is 11.3. The molecule has 1 fully saturated rings. The number of nitrogens with one attached hydrogen (secondary N) is 1. The zero-order valence-electron chi connectivity index (χ0n) is 16.1. The average molecular weight is 471 g/mol. The number of halogens is 1. The van der Waals surface area contributed by atoms with Crippen LogP contribution >= 0.6 is 27.3 Å². The maximum Gasteiger partial charge on any atom is 0.238 e. The summed E-state index contributed by atoms with van der Waals surface area (Å²) in [6.07, 6.45) is 0. The van der Waals surface area contributed by atoms with Gasteiger partial charge in [0.05, 0.1) is 18.8 Å². The molecule has 29 heavy (non-hydrogen) atoms. The van der Waals surface area contributed by atoms with Crippen LogP contribution in [0.3, 0.4) is 0 Å². The van der Waals surface area contributed by atoms with Crippen LogP contribution < -0.4 is 5.32 Å². The minimum absolute atomic E-state index is 0.0354. The van der Waals surface area contributed by atoms with Crippen LogP contribution in [0, 0.1) is 0 Å². The summed E-state index contributed by atoms with van der Waals surface area (Å²) in [6, 6.07) is 18.0. The van der Waals surface area contributed by atoms with Crippen molar-refractivity contribution in [2.45, 2.75) is 6.54 Å².